The summed E-state index contributed by atoms with van der Waals surface area (Å²) in [6, 6.07) is 0.567. The van der Waals surface area contributed by atoms with Crippen LogP contribution >= 0.6 is 0 Å². The van der Waals surface area contributed by atoms with E-state index >= 15 is 0 Å². The van der Waals surface area contributed by atoms with Gasteiger partial charge < -0.3 is 41.1 Å². The van der Waals surface area contributed by atoms with Crippen LogP contribution in [0.25, 0.3) is 0 Å². The number of aliphatic hydroxyl groups is 5. The summed E-state index contributed by atoms with van der Waals surface area (Å²) in [5.74, 6) is -3.68. The van der Waals surface area contributed by atoms with Gasteiger partial charge in [0.15, 0.2) is 12.2 Å². The molecule has 10 heteroatoms. The molecule has 0 bridgehead atoms. The van der Waals surface area contributed by atoms with Crippen LogP contribution in [0.3, 0.4) is 0 Å². The first-order chi connectivity index (χ1) is 11.2. The summed E-state index contributed by atoms with van der Waals surface area (Å²) in [6.07, 6.45) is -6.17. The number of carboxylic acids is 2. The van der Waals surface area contributed by atoms with Gasteiger partial charge in [-0.3, -0.25) is 0 Å². The van der Waals surface area contributed by atoms with Crippen molar-refractivity contribution in [2.75, 3.05) is 7.05 Å². The minimum Gasteiger partial charge on any atom is -0.479 e. The van der Waals surface area contributed by atoms with Crippen molar-refractivity contribution in [1.82, 2.24) is 5.32 Å². The summed E-state index contributed by atoms with van der Waals surface area (Å²) in [7, 11) is 1.97. The molecule has 150 valence electrons. The monoisotopic (exact) mass is 369 g/mol. The Morgan fingerprint density at radius 3 is 1.56 bits per heavy atom. The standard InChI is InChI=1S/C9H21NO.C6H10O8/c1-8(10-4)6-5-7-9(2,3)11;7-1(3(9)5(11)12)2(8)4(10)6(13)14/h8,10-11H,5-7H2,1-4H3;1-4,7-10H,(H,11,12)(H,13,14). The van der Waals surface area contributed by atoms with Crippen molar-refractivity contribution in [3.63, 3.8) is 0 Å². The Balaban J connectivity index is 0. The van der Waals surface area contributed by atoms with Crippen LogP contribution in [0.1, 0.15) is 40.0 Å². The van der Waals surface area contributed by atoms with Crippen LogP contribution in [0, 0.1) is 0 Å². The third kappa shape index (κ3) is 12.7. The second-order valence-corrected chi connectivity index (χ2v) is 6.44. The first-order valence-corrected chi connectivity index (χ1v) is 7.82. The van der Waals surface area contributed by atoms with Crippen LogP contribution < -0.4 is 5.32 Å². The molecular formula is C15H31NO9. The fourth-order valence-corrected chi connectivity index (χ4v) is 1.65. The molecule has 0 amide bonds. The topological polar surface area (TPSA) is 188 Å². The van der Waals surface area contributed by atoms with Crippen LogP contribution in [0.4, 0.5) is 0 Å². The Bertz CT molecular complexity index is 373. The number of hydrogen-bond acceptors (Lipinski definition) is 8. The number of nitrogens with one attached hydrogen (secondary N) is 1. The lowest BCUT2D eigenvalue weighted by molar-refractivity contribution is -0.172. The summed E-state index contributed by atoms with van der Waals surface area (Å²) in [4.78, 5) is 20.2. The highest BCUT2D eigenvalue weighted by molar-refractivity contribution is 5.75. The highest BCUT2D eigenvalue weighted by Crippen LogP contribution is 2.12. The molecule has 0 aromatic rings. The smallest absolute Gasteiger partial charge is 0.335 e. The van der Waals surface area contributed by atoms with E-state index in [-0.39, 0.29) is 0 Å². The average Bonchev–Trinajstić information content (AvgIpc) is 2.50. The molecule has 0 rings (SSSR count). The summed E-state index contributed by atoms with van der Waals surface area (Å²) in [6.45, 7) is 5.87. The Morgan fingerprint density at radius 2 is 1.32 bits per heavy atom. The van der Waals surface area contributed by atoms with Crippen molar-refractivity contribution in [2.24, 2.45) is 0 Å². The molecule has 0 aromatic carbocycles. The molecule has 8 N–H and O–H groups in total. The normalized spacial score (nSPS) is 17.5. The zero-order valence-electron chi connectivity index (χ0n) is 15.0. The first kappa shape index (κ1) is 25.9. The second kappa shape index (κ2) is 12.1. The number of rotatable bonds is 10. The van der Waals surface area contributed by atoms with Gasteiger partial charge in [0.05, 0.1) is 5.60 Å². The Morgan fingerprint density at radius 1 is 0.960 bits per heavy atom. The summed E-state index contributed by atoms with van der Waals surface area (Å²) >= 11 is 0. The molecule has 0 radical (unpaired) electrons. The van der Waals surface area contributed by atoms with Gasteiger partial charge in [0.2, 0.25) is 0 Å². The molecule has 5 atom stereocenters. The molecule has 10 nitrogen and oxygen atoms in total. The van der Waals surface area contributed by atoms with Crippen LogP contribution in [0.2, 0.25) is 0 Å². The van der Waals surface area contributed by atoms with Crippen molar-refractivity contribution in [3.8, 4) is 0 Å². The van der Waals surface area contributed by atoms with E-state index in [4.69, 9.17) is 30.6 Å². The van der Waals surface area contributed by atoms with Gasteiger partial charge in [-0.15, -0.1) is 0 Å². The van der Waals surface area contributed by atoms with Crippen LogP contribution in [-0.2, 0) is 9.59 Å². The SMILES string of the molecule is CNC(C)CCCC(C)(C)O.O=C(O)C(O)C(O)C(O)C(O)C(=O)O. The van der Waals surface area contributed by atoms with Crippen molar-refractivity contribution in [3.05, 3.63) is 0 Å². The zero-order chi connectivity index (χ0) is 20.4. The fourth-order valence-electron chi connectivity index (χ4n) is 1.65. The molecule has 25 heavy (non-hydrogen) atoms. The average molecular weight is 369 g/mol. The van der Waals surface area contributed by atoms with Gasteiger partial charge in [-0.25, -0.2) is 9.59 Å². The quantitative estimate of drug-likeness (QED) is 0.217. The van der Waals surface area contributed by atoms with Crippen molar-refractivity contribution in [1.29, 1.82) is 0 Å². The van der Waals surface area contributed by atoms with Crippen molar-refractivity contribution in [2.45, 2.75) is 76.1 Å². The molecule has 0 aliphatic heterocycles. The minimum atomic E-state index is -2.36. The lowest BCUT2D eigenvalue weighted by atomic mass is 10.00. The van der Waals surface area contributed by atoms with Gasteiger partial charge >= 0.3 is 11.9 Å². The van der Waals surface area contributed by atoms with Crippen LogP contribution in [-0.4, -0.2) is 90.8 Å². The second-order valence-electron chi connectivity index (χ2n) is 6.44. The highest BCUT2D eigenvalue weighted by atomic mass is 16.4. The number of carbonyl (C=O) groups is 2. The Labute approximate surface area is 146 Å². The lowest BCUT2D eigenvalue weighted by Gasteiger charge is -2.21. The molecule has 0 aromatic heterocycles. The van der Waals surface area contributed by atoms with E-state index in [9.17, 15) is 14.7 Å². The maximum Gasteiger partial charge on any atom is 0.335 e. The Kier molecular flexibility index (Phi) is 12.6. The molecule has 0 saturated carbocycles. The summed E-state index contributed by atoms with van der Waals surface area (Å²) in [5.41, 5.74) is -0.493. The van der Waals surface area contributed by atoms with Crippen LogP contribution in [0.15, 0.2) is 0 Å². The number of aliphatic carboxylic acids is 2. The summed E-state index contributed by atoms with van der Waals surface area (Å²) < 4.78 is 0. The van der Waals surface area contributed by atoms with Gasteiger partial charge in [0.25, 0.3) is 0 Å². The number of aliphatic hydroxyl groups excluding tert-OH is 4. The molecule has 0 spiro atoms. The van der Waals surface area contributed by atoms with E-state index in [0.29, 0.717) is 6.04 Å². The largest absolute Gasteiger partial charge is 0.479 e. The number of hydrogen-bond donors (Lipinski definition) is 8. The molecule has 0 fully saturated rings. The lowest BCUT2D eigenvalue weighted by Crippen LogP contribution is -2.49. The fraction of sp³-hybridized carbons (Fsp3) is 0.867. The van der Waals surface area contributed by atoms with Gasteiger partial charge in [0, 0.05) is 6.04 Å². The molecular weight excluding hydrogens is 338 g/mol. The van der Waals surface area contributed by atoms with E-state index in [0.717, 1.165) is 19.3 Å². The van der Waals surface area contributed by atoms with Gasteiger partial charge in [-0.05, 0) is 47.1 Å². The zero-order valence-corrected chi connectivity index (χ0v) is 15.0. The maximum absolute atomic E-state index is 10.1. The van der Waals surface area contributed by atoms with Crippen molar-refractivity contribution >= 4 is 11.9 Å². The molecule has 0 aliphatic carbocycles. The third-order valence-corrected chi connectivity index (χ3v) is 3.42. The van der Waals surface area contributed by atoms with E-state index in [1.165, 1.54) is 0 Å². The van der Waals surface area contributed by atoms with Crippen LogP contribution in [0.5, 0.6) is 0 Å². The molecule has 0 saturated heterocycles. The minimum absolute atomic E-state index is 0.493. The third-order valence-electron chi connectivity index (χ3n) is 3.42. The van der Waals surface area contributed by atoms with Gasteiger partial charge in [-0.2, -0.15) is 0 Å². The van der Waals surface area contributed by atoms with Crippen molar-refractivity contribution < 1.29 is 45.3 Å². The molecule has 5 unspecified atom stereocenters. The predicted molar refractivity (Wildman–Crippen MR) is 88.0 cm³/mol. The van der Waals surface area contributed by atoms with E-state index in [1.54, 1.807) is 0 Å². The number of carboxylic acid groups (broad SMARTS) is 2. The summed E-state index contributed by atoms with van der Waals surface area (Å²) in [5, 5.41) is 64.0. The molecule has 0 aliphatic rings. The maximum atomic E-state index is 10.1. The van der Waals surface area contributed by atoms with E-state index < -0.39 is 42.0 Å². The van der Waals surface area contributed by atoms with Gasteiger partial charge in [0.1, 0.15) is 12.2 Å². The van der Waals surface area contributed by atoms with E-state index in [2.05, 4.69) is 12.2 Å². The van der Waals surface area contributed by atoms with Gasteiger partial charge in [-0.1, -0.05) is 0 Å². The molecule has 0 heterocycles. The predicted octanol–water partition coefficient (Wildman–Crippen LogP) is -1.87. The van der Waals surface area contributed by atoms with E-state index in [1.807, 2.05) is 20.9 Å². The highest BCUT2D eigenvalue weighted by Gasteiger charge is 2.37. The Hall–Kier alpha value is -1.30. The first-order valence-electron chi connectivity index (χ1n) is 7.82.